The van der Waals surface area contributed by atoms with E-state index in [2.05, 4.69) is 5.32 Å². The van der Waals surface area contributed by atoms with Gasteiger partial charge in [-0.05, 0) is 44.5 Å². The zero-order valence-electron chi connectivity index (χ0n) is 19.3. The summed E-state index contributed by atoms with van der Waals surface area (Å²) in [4.78, 5) is 37.8. The van der Waals surface area contributed by atoms with E-state index in [4.69, 9.17) is 11.6 Å². The van der Waals surface area contributed by atoms with Crippen LogP contribution in [0.25, 0.3) is 0 Å². The third-order valence-electron chi connectivity index (χ3n) is 4.85. The Kier molecular flexibility index (Phi) is 9.00. The highest BCUT2D eigenvalue weighted by Gasteiger charge is 2.30. The Balaban J connectivity index is 2.43. The number of nitrogens with one attached hydrogen (secondary N) is 1. The van der Waals surface area contributed by atoms with Crippen molar-refractivity contribution in [1.82, 2.24) is 10.2 Å². The van der Waals surface area contributed by atoms with E-state index in [0.717, 1.165) is 16.6 Å². The van der Waals surface area contributed by atoms with Crippen molar-refractivity contribution in [2.45, 2.75) is 39.4 Å². The molecule has 0 unspecified atom stereocenters. The molecule has 2 aromatic rings. The maximum atomic E-state index is 13.4. The van der Waals surface area contributed by atoms with Crippen LogP contribution in [0.15, 0.2) is 48.5 Å². The van der Waals surface area contributed by atoms with E-state index in [1.807, 2.05) is 0 Å². The van der Waals surface area contributed by atoms with E-state index in [1.54, 1.807) is 38.1 Å². The Bertz CT molecular complexity index is 1170. The number of hydrogen-bond donors (Lipinski definition) is 1. The molecule has 0 bridgehead atoms. The van der Waals surface area contributed by atoms with Crippen LogP contribution in [0.1, 0.15) is 26.3 Å². The van der Waals surface area contributed by atoms with Crippen LogP contribution in [0.2, 0.25) is 5.02 Å². The fraction of sp³-hybridized carbons (Fsp3) is 0.364. The molecule has 184 valence electrons. The second-order valence-corrected chi connectivity index (χ2v) is 10.4. The zero-order chi connectivity index (χ0) is 25.6. The lowest BCUT2D eigenvalue weighted by Gasteiger charge is -2.31. The van der Waals surface area contributed by atoms with Crippen molar-refractivity contribution < 1.29 is 22.9 Å². The van der Waals surface area contributed by atoms with Crippen molar-refractivity contribution in [1.29, 1.82) is 0 Å². The monoisotopic (exact) mass is 510 g/mol. The lowest BCUT2D eigenvalue weighted by atomic mass is 10.1. The molecule has 0 aliphatic rings. The second-order valence-electron chi connectivity index (χ2n) is 8.04. The highest BCUT2D eigenvalue weighted by atomic mass is 35.5. The van der Waals surface area contributed by atoms with E-state index >= 15 is 0 Å². The smallest absolute Gasteiger partial charge is 0.271 e. The van der Waals surface area contributed by atoms with Crippen LogP contribution in [-0.4, -0.2) is 54.9 Å². The molecular formula is C22H27ClN4O6S. The Hall–Kier alpha value is -3.18. The minimum Gasteiger partial charge on any atom is -0.352 e. The number of rotatable bonds is 10. The molecule has 0 aliphatic carbocycles. The highest BCUT2D eigenvalue weighted by Crippen LogP contribution is 2.24. The van der Waals surface area contributed by atoms with E-state index in [9.17, 15) is 28.1 Å². The minimum atomic E-state index is -3.99. The SMILES string of the molecule is CC(C)NC(=O)[C@@H](C)N(Cc1cccc(Cl)c1)C(=O)CN(c1cccc([N+](=O)[O-])c1)S(C)(=O)=O. The molecule has 0 radical (unpaired) electrons. The number of amides is 2. The van der Waals surface area contributed by atoms with Gasteiger partial charge < -0.3 is 10.2 Å². The predicted molar refractivity (Wildman–Crippen MR) is 130 cm³/mol. The number of halogens is 1. The van der Waals surface area contributed by atoms with Gasteiger partial charge in [0.15, 0.2) is 0 Å². The third-order valence-corrected chi connectivity index (χ3v) is 6.22. The number of hydrogen-bond acceptors (Lipinski definition) is 6. The van der Waals surface area contributed by atoms with Crippen LogP contribution in [0.4, 0.5) is 11.4 Å². The number of carbonyl (C=O) groups is 2. The van der Waals surface area contributed by atoms with E-state index in [-0.39, 0.29) is 24.0 Å². The first-order valence-corrected chi connectivity index (χ1v) is 12.6. The number of benzene rings is 2. The summed E-state index contributed by atoms with van der Waals surface area (Å²) in [5.74, 6) is -1.07. The van der Waals surface area contributed by atoms with Crippen LogP contribution >= 0.6 is 11.6 Å². The number of nitro groups is 1. The molecule has 0 saturated carbocycles. The third kappa shape index (κ3) is 7.42. The quantitative estimate of drug-likeness (QED) is 0.386. The van der Waals surface area contributed by atoms with Crippen molar-refractivity contribution in [3.8, 4) is 0 Å². The summed E-state index contributed by atoms with van der Waals surface area (Å²) >= 11 is 6.06. The number of nitro benzene ring substituents is 1. The van der Waals surface area contributed by atoms with Crippen molar-refractivity contribution in [2.24, 2.45) is 0 Å². The van der Waals surface area contributed by atoms with Gasteiger partial charge in [0.25, 0.3) is 5.69 Å². The second kappa shape index (κ2) is 11.3. The molecule has 10 nitrogen and oxygen atoms in total. The van der Waals surface area contributed by atoms with Crippen molar-refractivity contribution in [3.05, 3.63) is 69.2 Å². The van der Waals surface area contributed by atoms with Crippen LogP contribution in [0.5, 0.6) is 0 Å². The van der Waals surface area contributed by atoms with Gasteiger partial charge in [0, 0.05) is 29.7 Å². The lowest BCUT2D eigenvalue weighted by molar-refractivity contribution is -0.384. The van der Waals surface area contributed by atoms with Gasteiger partial charge in [-0.15, -0.1) is 0 Å². The summed E-state index contributed by atoms with van der Waals surface area (Å²) in [5.41, 5.74) is 0.289. The number of nitrogens with zero attached hydrogens (tertiary/aromatic N) is 3. The summed E-state index contributed by atoms with van der Waals surface area (Å²) in [6.07, 6.45) is 0.898. The maximum absolute atomic E-state index is 13.4. The fourth-order valence-corrected chi connectivity index (χ4v) is 4.25. The highest BCUT2D eigenvalue weighted by molar-refractivity contribution is 7.92. The summed E-state index contributed by atoms with van der Waals surface area (Å²) in [5, 5.41) is 14.3. The van der Waals surface area contributed by atoms with Gasteiger partial charge in [0.2, 0.25) is 21.8 Å². The Labute approximate surface area is 203 Å². The first-order valence-electron chi connectivity index (χ1n) is 10.4. The van der Waals surface area contributed by atoms with Gasteiger partial charge in [-0.3, -0.25) is 24.0 Å². The van der Waals surface area contributed by atoms with Crippen molar-refractivity contribution in [2.75, 3.05) is 17.1 Å². The van der Waals surface area contributed by atoms with Gasteiger partial charge in [0.1, 0.15) is 12.6 Å². The van der Waals surface area contributed by atoms with Crippen LogP contribution < -0.4 is 9.62 Å². The molecule has 1 atom stereocenters. The molecule has 2 aromatic carbocycles. The molecule has 34 heavy (non-hydrogen) atoms. The molecule has 2 amide bonds. The largest absolute Gasteiger partial charge is 0.352 e. The molecule has 0 spiro atoms. The van der Waals surface area contributed by atoms with Gasteiger partial charge in [0.05, 0.1) is 16.9 Å². The molecular weight excluding hydrogens is 484 g/mol. The van der Waals surface area contributed by atoms with Crippen LogP contribution in [-0.2, 0) is 26.2 Å². The molecule has 0 fully saturated rings. The predicted octanol–water partition coefficient (Wildman–Crippen LogP) is 2.96. The van der Waals surface area contributed by atoms with E-state index < -0.39 is 39.3 Å². The normalized spacial score (nSPS) is 12.2. The van der Waals surface area contributed by atoms with Crippen LogP contribution in [0, 0.1) is 10.1 Å². The minimum absolute atomic E-state index is 0.00137. The Morgan fingerprint density at radius 1 is 1.12 bits per heavy atom. The first-order chi connectivity index (χ1) is 15.8. The zero-order valence-corrected chi connectivity index (χ0v) is 20.8. The summed E-state index contributed by atoms with van der Waals surface area (Å²) in [6, 6.07) is 10.6. The van der Waals surface area contributed by atoms with E-state index in [1.165, 1.54) is 30.0 Å². The van der Waals surface area contributed by atoms with Gasteiger partial charge >= 0.3 is 0 Å². The maximum Gasteiger partial charge on any atom is 0.271 e. The average molecular weight is 511 g/mol. The van der Waals surface area contributed by atoms with E-state index in [0.29, 0.717) is 10.6 Å². The molecule has 1 N–H and O–H groups in total. The summed E-state index contributed by atoms with van der Waals surface area (Å²) in [7, 11) is -3.99. The van der Waals surface area contributed by atoms with Gasteiger partial charge in [-0.1, -0.05) is 29.8 Å². The first kappa shape index (κ1) is 27.1. The standard InChI is InChI=1S/C22H27ClN4O6S/c1-15(2)24-22(29)16(3)25(13-17-7-5-8-18(23)11-17)21(28)14-26(34(4,32)33)19-9-6-10-20(12-19)27(30)31/h5-12,15-16H,13-14H2,1-4H3,(H,24,29)/t16-/m1/s1. The Morgan fingerprint density at radius 2 is 1.76 bits per heavy atom. The molecule has 0 heterocycles. The number of carbonyl (C=O) groups excluding carboxylic acids is 2. The lowest BCUT2D eigenvalue weighted by Crippen LogP contribution is -2.52. The molecule has 0 aromatic heterocycles. The van der Waals surface area contributed by atoms with Crippen molar-refractivity contribution in [3.63, 3.8) is 0 Å². The van der Waals surface area contributed by atoms with Gasteiger partial charge in [-0.2, -0.15) is 0 Å². The summed E-state index contributed by atoms with van der Waals surface area (Å²) < 4.78 is 25.8. The summed E-state index contributed by atoms with van der Waals surface area (Å²) in [6.45, 7) is 4.44. The molecule has 0 saturated heterocycles. The van der Waals surface area contributed by atoms with Gasteiger partial charge in [-0.25, -0.2) is 8.42 Å². The molecule has 0 aliphatic heterocycles. The number of sulfonamides is 1. The molecule has 12 heteroatoms. The number of non-ortho nitro benzene ring substituents is 1. The fourth-order valence-electron chi connectivity index (χ4n) is 3.20. The topological polar surface area (TPSA) is 130 Å². The Morgan fingerprint density at radius 3 is 2.32 bits per heavy atom. The van der Waals surface area contributed by atoms with Crippen LogP contribution in [0.3, 0.4) is 0 Å². The number of anilines is 1. The molecule has 2 rings (SSSR count). The van der Waals surface area contributed by atoms with Crippen molar-refractivity contribution >= 4 is 44.8 Å². The average Bonchev–Trinajstić information content (AvgIpc) is 2.74.